The maximum absolute atomic E-state index is 12.3. The minimum absolute atomic E-state index is 0.0256. The minimum atomic E-state index is -0.139. The van der Waals surface area contributed by atoms with Crippen LogP contribution in [-0.2, 0) is 0 Å². The minimum Gasteiger partial charge on any atom is -0.396 e. The topological polar surface area (TPSA) is 65.1 Å². The molecule has 20 heavy (non-hydrogen) atoms. The number of aromatic nitrogens is 1. The smallest absolute Gasteiger partial charge is 0.267 e. The number of aliphatic hydroxyl groups is 1. The van der Waals surface area contributed by atoms with Crippen molar-refractivity contribution in [2.75, 3.05) is 6.61 Å². The number of amides is 1. The zero-order chi connectivity index (χ0) is 14.7. The van der Waals surface area contributed by atoms with Gasteiger partial charge in [0, 0.05) is 28.0 Å². The molecule has 2 aromatic rings. The second kappa shape index (κ2) is 6.41. The van der Waals surface area contributed by atoms with Crippen molar-refractivity contribution in [2.24, 2.45) is 5.92 Å². The van der Waals surface area contributed by atoms with Crippen LogP contribution < -0.4 is 5.32 Å². The van der Waals surface area contributed by atoms with Crippen molar-refractivity contribution >= 4 is 32.7 Å². The van der Waals surface area contributed by atoms with Crippen molar-refractivity contribution in [1.29, 1.82) is 0 Å². The third-order valence-electron chi connectivity index (χ3n) is 3.42. The van der Waals surface area contributed by atoms with Gasteiger partial charge in [-0.15, -0.1) is 0 Å². The number of carbonyl (C=O) groups is 1. The molecule has 1 aromatic heterocycles. The summed E-state index contributed by atoms with van der Waals surface area (Å²) in [6.45, 7) is 4.13. The number of rotatable bonds is 5. The van der Waals surface area contributed by atoms with Crippen molar-refractivity contribution in [1.82, 2.24) is 10.3 Å². The number of fused-ring (bicyclic) bond motifs is 1. The van der Waals surface area contributed by atoms with Gasteiger partial charge in [0.05, 0.1) is 0 Å². The number of halogens is 1. The maximum Gasteiger partial charge on any atom is 0.267 e. The average Bonchev–Trinajstić information content (AvgIpc) is 2.83. The Morgan fingerprint density at radius 1 is 1.45 bits per heavy atom. The van der Waals surface area contributed by atoms with Gasteiger partial charge in [-0.3, -0.25) is 4.79 Å². The molecule has 1 unspecified atom stereocenters. The fourth-order valence-electron chi connectivity index (χ4n) is 2.20. The van der Waals surface area contributed by atoms with Crippen molar-refractivity contribution in [3.63, 3.8) is 0 Å². The molecule has 1 heterocycles. The normalized spacial score (nSPS) is 12.8. The van der Waals surface area contributed by atoms with Gasteiger partial charge in [0.2, 0.25) is 0 Å². The van der Waals surface area contributed by atoms with E-state index >= 15 is 0 Å². The van der Waals surface area contributed by atoms with E-state index in [2.05, 4.69) is 26.2 Å². The molecule has 4 nitrogen and oxygen atoms in total. The number of hydrogen-bond donors (Lipinski definition) is 3. The molecule has 0 bridgehead atoms. The van der Waals surface area contributed by atoms with E-state index in [4.69, 9.17) is 5.11 Å². The molecule has 0 aliphatic rings. The first-order chi connectivity index (χ1) is 9.52. The van der Waals surface area contributed by atoms with Gasteiger partial charge < -0.3 is 15.4 Å². The predicted molar refractivity (Wildman–Crippen MR) is 83.8 cm³/mol. The molecule has 0 radical (unpaired) electrons. The van der Waals surface area contributed by atoms with Gasteiger partial charge in [-0.05, 0) is 30.5 Å². The number of aromatic amines is 1. The molecule has 0 aliphatic heterocycles. The summed E-state index contributed by atoms with van der Waals surface area (Å²) in [6.07, 6.45) is 0.563. The van der Waals surface area contributed by atoms with E-state index in [1.807, 2.05) is 38.1 Å². The van der Waals surface area contributed by atoms with Crippen molar-refractivity contribution < 1.29 is 9.90 Å². The second-order valence-electron chi connectivity index (χ2n) is 5.22. The van der Waals surface area contributed by atoms with Crippen molar-refractivity contribution in [3.8, 4) is 0 Å². The largest absolute Gasteiger partial charge is 0.396 e. The Morgan fingerprint density at radius 3 is 2.80 bits per heavy atom. The summed E-state index contributed by atoms with van der Waals surface area (Å²) in [5.41, 5.74) is 1.46. The summed E-state index contributed by atoms with van der Waals surface area (Å²) in [7, 11) is 0. The van der Waals surface area contributed by atoms with E-state index in [0.717, 1.165) is 15.4 Å². The van der Waals surface area contributed by atoms with Gasteiger partial charge in [-0.1, -0.05) is 35.8 Å². The monoisotopic (exact) mass is 338 g/mol. The molecule has 0 aliphatic carbocycles. The van der Waals surface area contributed by atoms with Crippen LogP contribution in [0, 0.1) is 5.92 Å². The van der Waals surface area contributed by atoms with E-state index in [0.29, 0.717) is 12.1 Å². The van der Waals surface area contributed by atoms with E-state index in [1.165, 1.54) is 0 Å². The Bertz CT molecular complexity index is 607. The maximum atomic E-state index is 12.3. The highest BCUT2D eigenvalue weighted by molar-refractivity contribution is 9.10. The molecular formula is C15H19BrN2O2. The molecule has 5 heteroatoms. The summed E-state index contributed by atoms with van der Waals surface area (Å²) in [5.74, 6) is 0.141. The fraction of sp³-hybridized carbons (Fsp3) is 0.400. The van der Waals surface area contributed by atoms with E-state index in [9.17, 15) is 4.79 Å². The first-order valence-electron chi connectivity index (χ1n) is 6.72. The van der Waals surface area contributed by atoms with Crippen LogP contribution in [0.5, 0.6) is 0 Å². The van der Waals surface area contributed by atoms with Gasteiger partial charge in [0.25, 0.3) is 5.91 Å². The SMILES string of the molecule is CC(C)C(CCO)NC(=O)c1cc2c(Br)cccc2[nH]1. The predicted octanol–water partition coefficient (Wildman–Crippen LogP) is 3.07. The molecule has 0 fully saturated rings. The number of carbonyl (C=O) groups excluding carboxylic acids is 1. The molecule has 0 saturated heterocycles. The molecule has 3 N–H and O–H groups in total. The summed E-state index contributed by atoms with van der Waals surface area (Å²) in [5, 5.41) is 13.0. The molecule has 0 spiro atoms. The Balaban J connectivity index is 2.20. The standard InChI is InChI=1S/C15H19BrN2O2/c1-9(2)12(6-7-19)18-15(20)14-8-10-11(16)4-3-5-13(10)17-14/h3-5,8-9,12,17,19H,6-7H2,1-2H3,(H,18,20). The van der Waals surface area contributed by atoms with Crippen molar-refractivity contribution in [3.05, 3.63) is 34.4 Å². The van der Waals surface area contributed by atoms with Crippen LogP contribution in [-0.4, -0.2) is 28.6 Å². The summed E-state index contributed by atoms with van der Waals surface area (Å²) >= 11 is 3.47. The fourth-order valence-corrected chi connectivity index (χ4v) is 2.68. The van der Waals surface area contributed by atoms with E-state index in [1.54, 1.807) is 0 Å². The zero-order valence-corrected chi connectivity index (χ0v) is 13.2. The second-order valence-corrected chi connectivity index (χ2v) is 6.07. The highest BCUT2D eigenvalue weighted by Gasteiger charge is 2.18. The zero-order valence-electron chi connectivity index (χ0n) is 11.6. The molecule has 1 amide bonds. The highest BCUT2D eigenvalue weighted by Crippen LogP contribution is 2.24. The van der Waals surface area contributed by atoms with Crippen molar-refractivity contribution in [2.45, 2.75) is 26.3 Å². The number of H-pyrrole nitrogens is 1. The highest BCUT2D eigenvalue weighted by atomic mass is 79.9. The number of nitrogens with one attached hydrogen (secondary N) is 2. The lowest BCUT2D eigenvalue weighted by atomic mass is 10.0. The Kier molecular flexibility index (Phi) is 4.83. The lowest BCUT2D eigenvalue weighted by molar-refractivity contribution is 0.0912. The third-order valence-corrected chi connectivity index (χ3v) is 4.11. The van der Waals surface area contributed by atoms with Gasteiger partial charge in [0.1, 0.15) is 5.69 Å². The Hall–Kier alpha value is -1.33. The molecule has 1 atom stereocenters. The quantitative estimate of drug-likeness (QED) is 0.784. The molecule has 0 saturated carbocycles. The van der Waals surface area contributed by atoms with Gasteiger partial charge in [-0.25, -0.2) is 0 Å². The van der Waals surface area contributed by atoms with Crippen LogP contribution in [0.25, 0.3) is 10.9 Å². The van der Waals surface area contributed by atoms with Crippen LogP contribution in [0.1, 0.15) is 30.8 Å². The van der Waals surface area contributed by atoms with Gasteiger partial charge in [-0.2, -0.15) is 0 Å². The number of benzene rings is 1. The molecular weight excluding hydrogens is 320 g/mol. The number of hydrogen-bond acceptors (Lipinski definition) is 2. The van der Waals surface area contributed by atoms with Crippen LogP contribution in [0.3, 0.4) is 0 Å². The van der Waals surface area contributed by atoms with Gasteiger partial charge in [0.15, 0.2) is 0 Å². The Labute approximate surface area is 126 Å². The van der Waals surface area contributed by atoms with Gasteiger partial charge >= 0.3 is 0 Å². The summed E-state index contributed by atoms with van der Waals surface area (Å²) in [6, 6.07) is 7.62. The summed E-state index contributed by atoms with van der Waals surface area (Å²) in [4.78, 5) is 15.4. The average molecular weight is 339 g/mol. The van der Waals surface area contributed by atoms with Crippen LogP contribution in [0.2, 0.25) is 0 Å². The Morgan fingerprint density at radius 2 is 2.20 bits per heavy atom. The molecule has 2 rings (SSSR count). The first-order valence-corrected chi connectivity index (χ1v) is 7.51. The lowest BCUT2D eigenvalue weighted by Gasteiger charge is -2.21. The van der Waals surface area contributed by atoms with E-state index in [-0.39, 0.29) is 24.5 Å². The van der Waals surface area contributed by atoms with Crippen LogP contribution in [0.4, 0.5) is 0 Å². The third kappa shape index (κ3) is 3.22. The van der Waals surface area contributed by atoms with Crippen LogP contribution >= 0.6 is 15.9 Å². The summed E-state index contributed by atoms with van der Waals surface area (Å²) < 4.78 is 0.959. The lowest BCUT2D eigenvalue weighted by Crippen LogP contribution is -2.39. The molecule has 108 valence electrons. The van der Waals surface area contributed by atoms with E-state index < -0.39 is 0 Å². The first kappa shape index (κ1) is 15.1. The number of aliphatic hydroxyl groups excluding tert-OH is 1. The van der Waals surface area contributed by atoms with Crippen LogP contribution in [0.15, 0.2) is 28.7 Å². The molecule has 1 aromatic carbocycles.